The van der Waals surface area contributed by atoms with Crippen LogP contribution in [0.5, 0.6) is 5.75 Å². The monoisotopic (exact) mass is 207 g/mol. The van der Waals surface area contributed by atoms with E-state index in [2.05, 4.69) is 19.9 Å². The third-order valence-corrected chi connectivity index (χ3v) is 2.74. The topological polar surface area (TPSA) is 35.2 Å². The Labute approximate surface area is 92.4 Å². The van der Waals surface area contributed by atoms with Crippen molar-refractivity contribution >= 4 is 0 Å². The zero-order valence-corrected chi connectivity index (χ0v) is 9.86. The van der Waals surface area contributed by atoms with Gasteiger partial charge in [0.1, 0.15) is 11.9 Å². The molecule has 0 radical (unpaired) electrons. The van der Waals surface area contributed by atoms with Crippen molar-refractivity contribution in [3.05, 3.63) is 29.8 Å². The van der Waals surface area contributed by atoms with Gasteiger partial charge in [0.25, 0.3) is 0 Å². The third-order valence-electron chi connectivity index (χ3n) is 2.74. The van der Waals surface area contributed by atoms with E-state index < -0.39 is 0 Å². The summed E-state index contributed by atoms with van der Waals surface area (Å²) in [6.45, 7) is 6.24. The third kappa shape index (κ3) is 3.24. The summed E-state index contributed by atoms with van der Waals surface area (Å²) in [4.78, 5) is 0. The van der Waals surface area contributed by atoms with Crippen LogP contribution < -0.4 is 10.5 Å². The molecular formula is C13H21NO. The van der Waals surface area contributed by atoms with Gasteiger partial charge in [0.05, 0.1) is 0 Å². The number of aryl methyl sites for hydroxylation is 1. The van der Waals surface area contributed by atoms with Crippen LogP contribution in [-0.4, -0.2) is 12.1 Å². The highest BCUT2D eigenvalue weighted by Gasteiger charge is 2.13. The molecule has 2 heteroatoms. The van der Waals surface area contributed by atoms with Crippen molar-refractivity contribution < 1.29 is 4.74 Å². The fraction of sp³-hybridized carbons (Fsp3) is 0.538. The molecule has 0 aromatic heterocycles. The fourth-order valence-electron chi connectivity index (χ4n) is 1.53. The first kappa shape index (κ1) is 12.1. The summed E-state index contributed by atoms with van der Waals surface area (Å²) in [5.41, 5.74) is 7.17. The van der Waals surface area contributed by atoms with E-state index in [0.29, 0.717) is 0 Å². The minimum absolute atomic E-state index is 0.0719. The van der Waals surface area contributed by atoms with Gasteiger partial charge in [0.2, 0.25) is 0 Å². The number of para-hydroxylation sites is 1. The van der Waals surface area contributed by atoms with E-state index in [0.717, 1.165) is 18.6 Å². The second kappa shape index (κ2) is 5.76. The van der Waals surface area contributed by atoms with Gasteiger partial charge in [0, 0.05) is 6.04 Å². The average molecular weight is 207 g/mol. The van der Waals surface area contributed by atoms with Crippen LogP contribution in [0.15, 0.2) is 24.3 Å². The van der Waals surface area contributed by atoms with Crippen molar-refractivity contribution in [1.82, 2.24) is 0 Å². The molecule has 0 aliphatic rings. The summed E-state index contributed by atoms with van der Waals surface area (Å²) < 4.78 is 5.86. The van der Waals surface area contributed by atoms with Gasteiger partial charge in [-0.25, -0.2) is 0 Å². The van der Waals surface area contributed by atoms with Crippen molar-refractivity contribution in [2.75, 3.05) is 0 Å². The van der Waals surface area contributed by atoms with E-state index in [1.54, 1.807) is 0 Å². The summed E-state index contributed by atoms with van der Waals surface area (Å²) >= 11 is 0. The number of hydrogen-bond donors (Lipinski definition) is 1. The van der Waals surface area contributed by atoms with Gasteiger partial charge in [0.15, 0.2) is 0 Å². The lowest BCUT2D eigenvalue weighted by molar-refractivity contribution is 0.185. The number of benzene rings is 1. The van der Waals surface area contributed by atoms with E-state index in [4.69, 9.17) is 10.5 Å². The quantitative estimate of drug-likeness (QED) is 0.805. The van der Waals surface area contributed by atoms with Gasteiger partial charge in [-0.05, 0) is 31.4 Å². The molecule has 0 spiro atoms. The lowest BCUT2D eigenvalue weighted by atomic mass is 10.1. The summed E-state index contributed by atoms with van der Waals surface area (Å²) in [6.07, 6.45) is 2.00. The molecular weight excluding hydrogens is 186 g/mol. The normalized spacial score (nSPS) is 14.7. The average Bonchev–Trinajstić information content (AvgIpc) is 2.28. The molecule has 0 bridgehead atoms. The van der Waals surface area contributed by atoms with E-state index >= 15 is 0 Å². The Morgan fingerprint density at radius 3 is 2.53 bits per heavy atom. The van der Waals surface area contributed by atoms with Crippen LogP contribution in [-0.2, 0) is 6.42 Å². The Morgan fingerprint density at radius 2 is 1.93 bits per heavy atom. The summed E-state index contributed by atoms with van der Waals surface area (Å²) in [7, 11) is 0. The van der Waals surface area contributed by atoms with Gasteiger partial charge >= 0.3 is 0 Å². The number of ether oxygens (including phenoxy) is 1. The molecule has 2 nitrogen and oxygen atoms in total. The Morgan fingerprint density at radius 1 is 1.27 bits per heavy atom. The molecule has 1 aromatic rings. The Hall–Kier alpha value is -1.02. The SMILES string of the molecule is CCc1ccccc1OC(C)C(N)CC. The molecule has 2 atom stereocenters. The molecule has 0 amide bonds. The van der Waals surface area contributed by atoms with Gasteiger partial charge in [-0.3, -0.25) is 0 Å². The molecule has 0 aliphatic heterocycles. The number of hydrogen-bond acceptors (Lipinski definition) is 2. The summed E-state index contributed by atoms with van der Waals surface area (Å²) in [5.74, 6) is 0.969. The number of nitrogens with two attached hydrogens (primary N) is 1. The van der Waals surface area contributed by atoms with Crippen molar-refractivity contribution in [2.24, 2.45) is 5.73 Å². The van der Waals surface area contributed by atoms with Gasteiger partial charge in [-0.15, -0.1) is 0 Å². The van der Waals surface area contributed by atoms with Gasteiger partial charge in [-0.2, -0.15) is 0 Å². The maximum Gasteiger partial charge on any atom is 0.122 e. The molecule has 2 unspecified atom stereocenters. The molecule has 0 aliphatic carbocycles. The van der Waals surface area contributed by atoms with Crippen LogP contribution in [0.1, 0.15) is 32.8 Å². The molecule has 15 heavy (non-hydrogen) atoms. The van der Waals surface area contributed by atoms with Crippen LogP contribution in [0, 0.1) is 0 Å². The molecule has 1 aromatic carbocycles. The molecule has 2 N–H and O–H groups in total. The molecule has 84 valence electrons. The summed E-state index contributed by atoms with van der Waals surface area (Å²) in [6, 6.07) is 8.25. The second-order valence-corrected chi connectivity index (χ2v) is 3.86. The zero-order valence-electron chi connectivity index (χ0n) is 9.86. The van der Waals surface area contributed by atoms with Crippen LogP contribution in [0.4, 0.5) is 0 Å². The second-order valence-electron chi connectivity index (χ2n) is 3.86. The predicted molar refractivity (Wildman–Crippen MR) is 64.2 cm³/mol. The first-order chi connectivity index (χ1) is 7.19. The molecule has 1 rings (SSSR count). The molecule has 0 fully saturated rings. The lowest BCUT2D eigenvalue weighted by Gasteiger charge is -2.21. The fourth-order valence-corrected chi connectivity index (χ4v) is 1.53. The van der Waals surface area contributed by atoms with Crippen LogP contribution >= 0.6 is 0 Å². The van der Waals surface area contributed by atoms with Crippen LogP contribution in [0.2, 0.25) is 0 Å². The maximum atomic E-state index is 5.93. The van der Waals surface area contributed by atoms with Crippen LogP contribution in [0.3, 0.4) is 0 Å². The van der Waals surface area contributed by atoms with Crippen molar-refractivity contribution in [3.63, 3.8) is 0 Å². The van der Waals surface area contributed by atoms with Crippen molar-refractivity contribution in [2.45, 2.75) is 45.8 Å². The van der Waals surface area contributed by atoms with Crippen molar-refractivity contribution in [1.29, 1.82) is 0 Å². The van der Waals surface area contributed by atoms with Crippen LogP contribution in [0.25, 0.3) is 0 Å². The Bertz CT molecular complexity index is 298. The highest BCUT2D eigenvalue weighted by molar-refractivity contribution is 5.33. The lowest BCUT2D eigenvalue weighted by Crippen LogP contribution is -2.36. The van der Waals surface area contributed by atoms with E-state index in [1.165, 1.54) is 5.56 Å². The first-order valence-corrected chi connectivity index (χ1v) is 5.69. The molecule has 0 saturated carbocycles. The Balaban J connectivity index is 2.71. The standard InChI is InChI=1S/C13H21NO/c1-4-11-8-6-7-9-13(11)15-10(3)12(14)5-2/h6-10,12H,4-5,14H2,1-3H3. The smallest absolute Gasteiger partial charge is 0.122 e. The van der Waals surface area contributed by atoms with Gasteiger partial charge < -0.3 is 10.5 Å². The van der Waals surface area contributed by atoms with Crippen molar-refractivity contribution in [3.8, 4) is 5.75 Å². The molecule has 0 heterocycles. The first-order valence-electron chi connectivity index (χ1n) is 5.69. The molecule has 0 saturated heterocycles. The van der Waals surface area contributed by atoms with E-state index in [9.17, 15) is 0 Å². The highest BCUT2D eigenvalue weighted by atomic mass is 16.5. The minimum Gasteiger partial charge on any atom is -0.489 e. The van der Waals surface area contributed by atoms with Gasteiger partial charge in [-0.1, -0.05) is 32.0 Å². The largest absolute Gasteiger partial charge is 0.489 e. The zero-order chi connectivity index (χ0) is 11.3. The highest BCUT2D eigenvalue weighted by Crippen LogP contribution is 2.20. The van der Waals surface area contributed by atoms with E-state index in [1.807, 2.05) is 25.1 Å². The predicted octanol–water partition coefficient (Wildman–Crippen LogP) is 2.75. The minimum atomic E-state index is 0.0719. The maximum absolute atomic E-state index is 5.93. The van der Waals surface area contributed by atoms with E-state index in [-0.39, 0.29) is 12.1 Å². The summed E-state index contributed by atoms with van der Waals surface area (Å²) in [5, 5.41) is 0. The number of rotatable bonds is 5. The Kier molecular flexibility index (Phi) is 4.63.